The van der Waals surface area contributed by atoms with E-state index in [1.165, 1.54) is 11.3 Å². The number of amides is 2. The Balaban J connectivity index is 1.87. The molecule has 3 N–H and O–H groups in total. The van der Waals surface area contributed by atoms with Gasteiger partial charge in [0.15, 0.2) is 0 Å². The molecule has 0 aliphatic heterocycles. The van der Waals surface area contributed by atoms with E-state index in [1.807, 2.05) is 19.9 Å². The van der Waals surface area contributed by atoms with Gasteiger partial charge in [-0.3, -0.25) is 9.59 Å². The predicted molar refractivity (Wildman–Crippen MR) is 118 cm³/mol. The number of carbonyl (C=O) groups excluding carboxylic acids is 2. The summed E-state index contributed by atoms with van der Waals surface area (Å²) in [6.45, 7) is 10.6. The zero-order valence-electron chi connectivity index (χ0n) is 17.8. The first-order chi connectivity index (χ1) is 13.6. The average molecular weight is 415 g/mol. The summed E-state index contributed by atoms with van der Waals surface area (Å²) in [5, 5.41) is 3.48. The molecule has 1 aliphatic carbocycles. The van der Waals surface area contributed by atoms with Crippen LogP contribution >= 0.6 is 11.3 Å². The monoisotopic (exact) mass is 414 g/mol. The zero-order chi connectivity index (χ0) is 21.3. The molecule has 29 heavy (non-hydrogen) atoms. The second-order valence-electron chi connectivity index (χ2n) is 9.03. The number of thiophene rings is 1. The van der Waals surface area contributed by atoms with E-state index in [4.69, 9.17) is 10.5 Å². The van der Waals surface area contributed by atoms with Gasteiger partial charge in [-0.05, 0) is 68.2 Å². The van der Waals surface area contributed by atoms with Crippen LogP contribution in [0.15, 0.2) is 24.3 Å². The van der Waals surface area contributed by atoms with Crippen LogP contribution in [0.3, 0.4) is 0 Å². The Kier molecular flexibility index (Phi) is 6.03. The molecule has 0 bridgehead atoms. The van der Waals surface area contributed by atoms with E-state index in [2.05, 4.69) is 26.1 Å². The number of hydrogen-bond donors (Lipinski definition) is 2. The maximum Gasteiger partial charge on any atom is 0.256 e. The molecule has 1 aromatic heterocycles. The molecule has 1 aliphatic rings. The summed E-state index contributed by atoms with van der Waals surface area (Å²) in [5.41, 5.74) is 7.86. The van der Waals surface area contributed by atoms with Gasteiger partial charge in [0.25, 0.3) is 11.8 Å². The minimum absolute atomic E-state index is 0.0227. The first-order valence-electron chi connectivity index (χ1n) is 10.1. The number of benzene rings is 1. The molecular formula is C23H30N2O3S. The van der Waals surface area contributed by atoms with E-state index < -0.39 is 5.91 Å². The summed E-state index contributed by atoms with van der Waals surface area (Å²) in [6, 6.07) is 7.05. The van der Waals surface area contributed by atoms with Gasteiger partial charge in [-0.25, -0.2) is 0 Å². The number of rotatable bonds is 5. The second-order valence-corrected chi connectivity index (χ2v) is 10.1. The molecule has 2 aromatic rings. The van der Waals surface area contributed by atoms with Crippen molar-refractivity contribution in [2.75, 3.05) is 5.32 Å². The van der Waals surface area contributed by atoms with Crippen LogP contribution in [-0.2, 0) is 12.8 Å². The van der Waals surface area contributed by atoms with Gasteiger partial charge in [0, 0.05) is 10.4 Å². The van der Waals surface area contributed by atoms with Gasteiger partial charge in [0.05, 0.1) is 11.7 Å². The second kappa shape index (κ2) is 8.19. The third kappa shape index (κ3) is 4.81. The summed E-state index contributed by atoms with van der Waals surface area (Å²) < 4.78 is 5.68. The van der Waals surface area contributed by atoms with E-state index in [1.54, 1.807) is 18.2 Å². The Morgan fingerprint density at radius 3 is 2.62 bits per heavy atom. The van der Waals surface area contributed by atoms with Gasteiger partial charge < -0.3 is 15.8 Å². The van der Waals surface area contributed by atoms with Crippen LogP contribution in [0.4, 0.5) is 5.00 Å². The number of anilines is 1. The molecule has 1 atom stereocenters. The standard InChI is InChI=1S/C23H30N2O3S/c1-13(2)28-16-8-6-7-14(11-16)21(27)25-22-19(20(24)26)17-10-9-15(23(3,4)5)12-18(17)29-22/h6-8,11,13,15H,9-10,12H2,1-5H3,(H2,24,26)(H,25,27)/t15-/m1/s1. The molecule has 0 spiro atoms. The number of carbonyl (C=O) groups is 2. The Bertz CT molecular complexity index is 925. The van der Waals surface area contributed by atoms with Gasteiger partial charge in [-0.15, -0.1) is 11.3 Å². The lowest BCUT2D eigenvalue weighted by Gasteiger charge is -2.33. The molecule has 6 heteroatoms. The molecular weight excluding hydrogens is 384 g/mol. The molecule has 5 nitrogen and oxygen atoms in total. The number of nitrogens with one attached hydrogen (secondary N) is 1. The van der Waals surface area contributed by atoms with Gasteiger partial charge in [0.2, 0.25) is 0 Å². The van der Waals surface area contributed by atoms with E-state index in [9.17, 15) is 9.59 Å². The smallest absolute Gasteiger partial charge is 0.256 e. The zero-order valence-corrected chi connectivity index (χ0v) is 18.6. The Morgan fingerprint density at radius 1 is 1.28 bits per heavy atom. The molecule has 0 saturated carbocycles. The number of ether oxygens (including phenoxy) is 1. The van der Waals surface area contributed by atoms with E-state index in [0.29, 0.717) is 27.8 Å². The lowest BCUT2D eigenvalue weighted by molar-refractivity contribution is 0.1000. The van der Waals surface area contributed by atoms with Gasteiger partial charge >= 0.3 is 0 Å². The van der Waals surface area contributed by atoms with Crippen molar-refractivity contribution in [1.82, 2.24) is 0 Å². The topological polar surface area (TPSA) is 81.4 Å². The van der Waals surface area contributed by atoms with Gasteiger partial charge in [-0.2, -0.15) is 0 Å². The van der Waals surface area contributed by atoms with Crippen molar-refractivity contribution in [1.29, 1.82) is 0 Å². The highest BCUT2D eigenvalue weighted by Gasteiger charge is 2.33. The molecule has 0 saturated heterocycles. The quantitative estimate of drug-likeness (QED) is 0.719. The molecule has 0 unspecified atom stereocenters. The van der Waals surface area contributed by atoms with Crippen LogP contribution in [-0.4, -0.2) is 17.9 Å². The molecule has 156 valence electrons. The third-order valence-corrected chi connectivity index (χ3v) is 6.60. The average Bonchev–Trinajstić information content (AvgIpc) is 2.97. The fraction of sp³-hybridized carbons (Fsp3) is 0.478. The maximum atomic E-state index is 12.9. The summed E-state index contributed by atoms with van der Waals surface area (Å²) in [6.07, 6.45) is 2.78. The van der Waals surface area contributed by atoms with E-state index >= 15 is 0 Å². The lowest BCUT2D eigenvalue weighted by atomic mass is 9.72. The maximum absolute atomic E-state index is 12.9. The fourth-order valence-corrected chi connectivity index (χ4v) is 5.16. The normalized spacial score (nSPS) is 16.4. The Morgan fingerprint density at radius 2 is 2.00 bits per heavy atom. The van der Waals surface area contributed by atoms with Crippen molar-refractivity contribution in [3.8, 4) is 5.75 Å². The highest BCUT2D eigenvalue weighted by molar-refractivity contribution is 7.17. The van der Waals surface area contributed by atoms with Crippen LogP contribution in [0.25, 0.3) is 0 Å². The summed E-state index contributed by atoms with van der Waals surface area (Å²) >= 11 is 1.48. The third-order valence-electron chi connectivity index (χ3n) is 5.43. The molecule has 2 amide bonds. The van der Waals surface area contributed by atoms with Crippen molar-refractivity contribution in [2.45, 2.75) is 60.0 Å². The molecule has 1 aromatic carbocycles. The number of primary amides is 1. The minimum Gasteiger partial charge on any atom is -0.491 e. The lowest BCUT2D eigenvalue weighted by Crippen LogP contribution is -2.27. The van der Waals surface area contributed by atoms with Crippen LogP contribution in [0, 0.1) is 11.3 Å². The Labute approximate surface area is 176 Å². The predicted octanol–water partition coefficient (Wildman–Crippen LogP) is 5.04. The number of fused-ring (bicyclic) bond motifs is 1. The van der Waals surface area contributed by atoms with E-state index in [0.717, 1.165) is 29.7 Å². The first kappa shape index (κ1) is 21.4. The Hall–Kier alpha value is -2.34. The van der Waals surface area contributed by atoms with Crippen molar-refractivity contribution in [3.63, 3.8) is 0 Å². The van der Waals surface area contributed by atoms with Crippen molar-refractivity contribution in [2.24, 2.45) is 17.1 Å². The molecule has 1 heterocycles. The van der Waals surface area contributed by atoms with Crippen LogP contribution in [0.1, 0.15) is 72.2 Å². The summed E-state index contributed by atoms with van der Waals surface area (Å²) in [4.78, 5) is 26.2. The number of hydrogen-bond acceptors (Lipinski definition) is 4. The van der Waals surface area contributed by atoms with Crippen molar-refractivity contribution < 1.29 is 14.3 Å². The van der Waals surface area contributed by atoms with Crippen LogP contribution in [0.5, 0.6) is 5.75 Å². The summed E-state index contributed by atoms with van der Waals surface area (Å²) in [5.74, 6) is 0.431. The molecule has 0 fully saturated rings. The summed E-state index contributed by atoms with van der Waals surface area (Å²) in [7, 11) is 0. The fourth-order valence-electron chi connectivity index (χ4n) is 3.83. The SMILES string of the molecule is CC(C)Oc1cccc(C(=O)Nc2sc3c(c2C(N)=O)CC[C@@H](C(C)(C)C)C3)c1. The van der Waals surface area contributed by atoms with Crippen LogP contribution < -0.4 is 15.8 Å². The molecule has 0 radical (unpaired) electrons. The van der Waals surface area contributed by atoms with Crippen LogP contribution in [0.2, 0.25) is 0 Å². The molecule has 3 rings (SSSR count). The highest BCUT2D eigenvalue weighted by Crippen LogP contribution is 2.44. The first-order valence-corrected chi connectivity index (χ1v) is 10.9. The van der Waals surface area contributed by atoms with Gasteiger partial charge in [0.1, 0.15) is 10.8 Å². The highest BCUT2D eigenvalue weighted by atomic mass is 32.1. The largest absolute Gasteiger partial charge is 0.491 e. The number of nitrogens with two attached hydrogens (primary N) is 1. The van der Waals surface area contributed by atoms with E-state index in [-0.39, 0.29) is 17.4 Å². The van der Waals surface area contributed by atoms with Gasteiger partial charge in [-0.1, -0.05) is 26.8 Å². The van der Waals surface area contributed by atoms with Crippen molar-refractivity contribution >= 4 is 28.2 Å². The minimum atomic E-state index is -0.482. The van der Waals surface area contributed by atoms with Crippen molar-refractivity contribution in [3.05, 3.63) is 45.8 Å².